The van der Waals surface area contributed by atoms with Gasteiger partial charge in [0.05, 0.1) is 5.69 Å². The highest BCUT2D eigenvalue weighted by Crippen LogP contribution is 2.13. The van der Waals surface area contributed by atoms with E-state index in [0.29, 0.717) is 5.69 Å². The van der Waals surface area contributed by atoms with Gasteiger partial charge in [-0.25, -0.2) is 4.68 Å². The lowest BCUT2D eigenvalue weighted by molar-refractivity contribution is -0.121. The third-order valence-electron chi connectivity index (χ3n) is 2.51. The van der Waals surface area contributed by atoms with E-state index in [9.17, 15) is 9.59 Å². The highest BCUT2D eigenvalue weighted by atomic mass is 16.2. The van der Waals surface area contributed by atoms with Crippen LogP contribution in [0.4, 0.5) is 0 Å². The van der Waals surface area contributed by atoms with Crippen molar-refractivity contribution < 1.29 is 4.79 Å². The molecule has 2 rings (SSSR count). The molecule has 5 nitrogen and oxygen atoms in total. The van der Waals surface area contributed by atoms with Gasteiger partial charge in [0.25, 0.3) is 5.56 Å². The summed E-state index contributed by atoms with van der Waals surface area (Å²) in [6, 6.07) is 12.6. The van der Waals surface area contributed by atoms with Crippen LogP contribution in [0.15, 0.2) is 47.3 Å². The number of carbonyl (C=O) groups is 1. The quantitative estimate of drug-likeness (QED) is 0.861. The highest BCUT2D eigenvalue weighted by Gasteiger charge is 2.06. The Morgan fingerprint density at radius 2 is 1.94 bits per heavy atom. The second kappa shape index (κ2) is 5.27. The Balaban J connectivity index is 2.38. The van der Waals surface area contributed by atoms with Crippen LogP contribution in [0.2, 0.25) is 0 Å². The van der Waals surface area contributed by atoms with E-state index in [-0.39, 0.29) is 18.0 Å². The Morgan fingerprint density at radius 3 is 2.61 bits per heavy atom. The predicted octanol–water partition coefficient (Wildman–Crippen LogP) is 0.656. The van der Waals surface area contributed by atoms with Crippen molar-refractivity contribution in [2.45, 2.75) is 6.54 Å². The molecule has 5 heteroatoms. The lowest BCUT2D eigenvalue weighted by Crippen LogP contribution is -2.31. The van der Waals surface area contributed by atoms with Crippen molar-refractivity contribution in [1.82, 2.24) is 15.1 Å². The first-order valence-corrected chi connectivity index (χ1v) is 5.55. The Kier molecular flexibility index (Phi) is 3.52. The number of hydrogen-bond acceptors (Lipinski definition) is 3. The van der Waals surface area contributed by atoms with Crippen molar-refractivity contribution >= 4 is 5.91 Å². The van der Waals surface area contributed by atoms with Crippen LogP contribution in [0.1, 0.15) is 0 Å². The minimum absolute atomic E-state index is 0.0734. The first kappa shape index (κ1) is 12.0. The van der Waals surface area contributed by atoms with Gasteiger partial charge in [0.15, 0.2) is 0 Å². The average Bonchev–Trinajstić information content (AvgIpc) is 2.42. The Morgan fingerprint density at radius 1 is 1.22 bits per heavy atom. The third-order valence-corrected chi connectivity index (χ3v) is 2.51. The van der Waals surface area contributed by atoms with Gasteiger partial charge >= 0.3 is 0 Å². The molecule has 1 heterocycles. The van der Waals surface area contributed by atoms with Gasteiger partial charge in [-0.2, -0.15) is 5.10 Å². The molecule has 1 N–H and O–H groups in total. The number of rotatable bonds is 3. The van der Waals surface area contributed by atoms with E-state index in [4.69, 9.17) is 0 Å². The van der Waals surface area contributed by atoms with Crippen LogP contribution in [0.5, 0.6) is 0 Å². The number of benzene rings is 1. The first-order valence-electron chi connectivity index (χ1n) is 5.55. The zero-order valence-corrected chi connectivity index (χ0v) is 9.96. The molecule has 1 aromatic heterocycles. The molecule has 0 aliphatic rings. The van der Waals surface area contributed by atoms with Gasteiger partial charge in [0, 0.05) is 18.7 Å². The van der Waals surface area contributed by atoms with Gasteiger partial charge in [0.2, 0.25) is 5.91 Å². The first-order chi connectivity index (χ1) is 8.70. The molecule has 0 aliphatic carbocycles. The smallest absolute Gasteiger partial charge is 0.267 e. The minimum Gasteiger partial charge on any atom is -0.358 e. The second-order valence-corrected chi connectivity index (χ2v) is 3.75. The van der Waals surface area contributed by atoms with Crippen LogP contribution in [0.25, 0.3) is 11.3 Å². The molecule has 0 radical (unpaired) electrons. The lowest BCUT2D eigenvalue weighted by atomic mass is 10.1. The molecule has 1 amide bonds. The molecule has 0 bridgehead atoms. The van der Waals surface area contributed by atoms with Gasteiger partial charge < -0.3 is 5.32 Å². The maximum absolute atomic E-state index is 11.6. The summed E-state index contributed by atoms with van der Waals surface area (Å²) in [5.74, 6) is -0.255. The van der Waals surface area contributed by atoms with Crippen LogP contribution < -0.4 is 10.9 Å². The normalized spacial score (nSPS) is 10.1. The predicted molar refractivity (Wildman–Crippen MR) is 68.0 cm³/mol. The third kappa shape index (κ3) is 2.63. The topological polar surface area (TPSA) is 64.0 Å². The van der Waals surface area contributed by atoms with Crippen LogP contribution in [-0.2, 0) is 11.3 Å². The molecule has 0 fully saturated rings. The largest absolute Gasteiger partial charge is 0.358 e. The van der Waals surface area contributed by atoms with Gasteiger partial charge in [-0.1, -0.05) is 30.3 Å². The molecular weight excluding hydrogens is 230 g/mol. The summed E-state index contributed by atoms with van der Waals surface area (Å²) < 4.78 is 1.15. The number of hydrogen-bond donors (Lipinski definition) is 1. The van der Waals surface area contributed by atoms with E-state index in [2.05, 4.69) is 10.4 Å². The fourth-order valence-corrected chi connectivity index (χ4v) is 1.54. The van der Waals surface area contributed by atoms with Crippen LogP contribution in [0, 0.1) is 0 Å². The maximum atomic E-state index is 11.6. The Labute approximate surface area is 104 Å². The van der Waals surface area contributed by atoms with Gasteiger partial charge in [-0.15, -0.1) is 0 Å². The molecule has 0 saturated carbocycles. The monoisotopic (exact) mass is 243 g/mol. The summed E-state index contributed by atoms with van der Waals surface area (Å²) in [4.78, 5) is 22.8. The number of likely N-dealkylation sites (N-methyl/N-ethyl adjacent to an activating group) is 1. The van der Waals surface area contributed by atoms with Crippen molar-refractivity contribution in [2.75, 3.05) is 7.05 Å². The van der Waals surface area contributed by atoms with Crippen molar-refractivity contribution in [3.8, 4) is 11.3 Å². The molecule has 2 aromatic rings. The zero-order valence-electron chi connectivity index (χ0n) is 9.96. The maximum Gasteiger partial charge on any atom is 0.267 e. The van der Waals surface area contributed by atoms with Crippen molar-refractivity contribution in [3.05, 3.63) is 52.8 Å². The Bertz CT molecular complexity index is 605. The molecule has 18 heavy (non-hydrogen) atoms. The molecule has 0 aliphatic heterocycles. The van der Waals surface area contributed by atoms with Gasteiger partial charge in [-0.05, 0) is 6.07 Å². The van der Waals surface area contributed by atoms with Gasteiger partial charge in [0.1, 0.15) is 6.54 Å². The van der Waals surface area contributed by atoms with E-state index in [1.807, 2.05) is 30.3 Å². The second-order valence-electron chi connectivity index (χ2n) is 3.75. The summed E-state index contributed by atoms with van der Waals surface area (Å²) >= 11 is 0. The minimum atomic E-state index is -0.293. The molecule has 0 unspecified atom stereocenters. The van der Waals surface area contributed by atoms with Crippen molar-refractivity contribution in [1.29, 1.82) is 0 Å². The van der Waals surface area contributed by atoms with Crippen LogP contribution >= 0.6 is 0 Å². The van der Waals surface area contributed by atoms with Gasteiger partial charge in [-0.3, -0.25) is 9.59 Å². The van der Waals surface area contributed by atoms with E-state index in [1.54, 1.807) is 6.07 Å². The molecule has 1 aromatic carbocycles. The molecule has 0 atom stereocenters. The summed E-state index contributed by atoms with van der Waals surface area (Å²) in [6.07, 6.45) is 0. The zero-order chi connectivity index (χ0) is 13.0. The number of amides is 1. The fraction of sp³-hybridized carbons (Fsp3) is 0.154. The van der Waals surface area contributed by atoms with E-state index in [0.717, 1.165) is 10.2 Å². The molecular formula is C13H13N3O2. The lowest BCUT2D eigenvalue weighted by Gasteiger charge is -2.06. The fourth-order valence-electron chi connectivity index (χ4n) is 1.54. The number of nitrogens with one attached hydrogen (secondary N) is 1. The standard InChI is InChI=1S/C13H13N3O2/c1-14-12(17)9-16-13(18)8-7-11(15-16)10-5-3-2-4-6-10/h2-8H,9H2,1H3,(H,14,17). The van der Waals surface area contributed by atoms with E-state index in [1.165, 1.54) is 13.1 Å². The van der Waals surface area contributed by atoms with E-state index < -0.39 is 0 Å². The number of aromatic nitrogens is 2. The van der Waals surface area contributed by atoms with Crippen LogP contribution in [0.3, 0.4) is 0 Å². The van der Waals surface area contributed by atoms with Crippen molar-refractivity contribution in [3.63, 3.8) is 0 Å². The SMILES string of the molecule is CNC(=O)Cn1nc(-c2ccccc2)ccc1=O. The average molecular weight is 243 g/mol. The van der Waals surface area contributed by atoms with E-state index >= 15 is 0 Å². The summed E-state index contributed by atoms with van der Waals surface area (Å²) in [5.41, 5.74) is 1.28. The summed E-state index contributed by atoms with van der Waals surface area (Å²) in [5, 5.41) is 6.64. The molecule has 0 saturated heterocycles. The Hall–Kier alpha value is -2.43. The summed E-state index contributed by atoms with van der Waals surface area (Å²) in [7, 11) is 1.52. The van der Waals surface area contributed by atoms with Crippen LogP contribution in [-0.4, -0.2) is 22.7 Å². The number of nitrogens with zero attached hydrogens (tertiary/aromatic N) is 2. The van der Waals surface area contributed by atoms with Crippen molar-refractivity contribution in [2.24, 2.45) is 0 Å². The molecule has 0 spiro atoms. The molecule has 92 valence electrons. The highest BCUT2D eigenvalue weighted by molar-refractivity contribution is 5.75. The number of carbonyl (C=O) groups excluding carboxylic acids is 1. The summed E-state index contributed by atoms with van der Waals surface area (Å²) in [6.45, 7) is -0.0734.